The molecule has 0 spiro atoms. The van der Waals surface area contributed by atoms with Crippen molar-refractivity contribution in [2.45, 2.75) is 19.4 Å². The number of hydrogen-bond acceptors (Lipinski definition) is 1. The van der Waals surface area contributed by atoms with Gasteiger partial charge in [-0.3, -0.25) is 4.79 Å². The SMILES string of the molecule is Cc1ccc(C2c3[nH]c4ccccc4c3CCN2C(=O)c2ccc(Cl)c(Cl)c2)cc1. The first-order valence-electron chi connectivity index (χ1n) is 9.95. The second kappa shape index (κ2) is 7.50. The van der Waals surface area contributed by atoms with Gasteiger partial charge in [-0.05, 0) is 48.7 Å². The zero-order valence-corrected chi connectivity index (χ0v) is 18.0. The predicted octanol–water partition coefficient (Wildman–Crippen LogP) is 6.57. The molecule has 0 fully saturated rings. The molecule has 1 atom stereocenters. The summed E-state index contributed by atoms with van der Waals surface area (Å²) in [6.45, 7) is 2.70. The maximum atomic E-state index is 13.5. The van der Waals surface area contributed by atoms with Crippen molar-refractivity contribution in [1.29, 1.82) is 0 Å². The fourth-order valence-corrected chi connectivity index (χ4v) is 4.65. The Labute approximate surface area is 185 Å². The van der Waals surface area contributed by atoms with Gasteiger partial charge in [0, 0.05) is 28.7 Å². The lowest BCUT2D eigenvalue weighted by molar-refractivity contribution is 0.0692. The normalized spacial score (nSPS) is 16.0. The van der Waals surface area contributed by atoms with Crippen LogP contribution in [0.3, 0.4) is 0 Å². The molecule has 1 unspecified atom stereocenters. The summed E-state index contributed by atoms with van der Waals surface area (Å²) in [5.41, 5.74) is 6.29. The monoisotopic (exact) mass is 434 g/mol. The lowest BCUT2D eigenvalue weighted by Gasteiger charge is -2.36. The van der Waals surface area contributed by atoms with Gasteiger partial charge in [-0.2, -0.15) is 0 Å². The van der Waals surface area contributed by atoms with E-state index in [1.807, 2.05) is 11.0 Å². The molecule has 3 aromatic carbocycles. The first-order valence-corrected chi connectivity index (χ1v) is 10.7. The molecule has 0 saturated carbocycles. The molecule has 1 N–H and O–H groups in total. The third-order valence-corrected chi connectivity index (χ3v) is 6.59. The second-order valence-corrected chi connectivity index (χ2v) is 8.57. The van der Waals surface area contributed by atoms with E-state index in [1.54, 1.807) is 18.2 Å². The number of H-pyrrole nitrogens is 1. The molecule has 1 amide bonds. The van der Waals surface area contributed by atoms with E-state index in [0.29, 0.717) is 22.2 Å². The molecular formula is C25H20Cl2N2O. The Morgan fingerprint density at radius 3 is 2.53 bits per heavy atom. The fourth-order valence-electron chi connectivity index (χ4n) is 4.35. The number of halogens is 2. The smallest absolute Gasteiger partial charge is 0.254 e. The Morgan fingerprint density at radius 1 is 1.00 bits per heavy atom. The van der Waals surface area contributed by atoms with Crippen LogP contribution in [0.5, 0.6) is 0 Å². The number of aromatic nitrogens is 1. The zero-order valence-electron chi connectivity index (χ0n) is 16.5. The van der Waals surface area contributed by atoms with E-state index in [4.69, 9.17) is 23.2 Å². The van der Waals surface area contributed by atoms with Crippen molar-refractivity contribution >= 4 is 40.0 Å². The summed E-state index contributed by atoms with van der Waals surface area (Å²) in [6, 6.07) is 21.6. The van der Waals surface area contributed by atoms with Crippen LogP contribution >= 0.6 is 23.2 Å². The van der Waals surface area contributed by atoms with Gasteiger partial charge in [0.25, 0.3) is 5.91 Å². The number of rotatable bonds is 2. The van der Waals surface area contributed by atoms with Crippen LogP contribution in [0.1, 0.15) is 38.8 Å². The molecule has 5 rings (SSSR count). The molecule has 1 aromatic heterocycles. The van der Waals surface area contributed by atoms with E-state index in [2.05, 4.69) is 54.4 Å². The fraction of sp³-hybridized carbons (Fsp3) is 0.160. The number of aryl methyl sites for hydroxylation is 1. The maximum absolute atomic E-state index is 13.5. The summed E-state index contributed by atoms with van der Waals surface area (Å²) in [4.78, 5) is 19.1. The quantitative estimate of drug-likeness (QED) is 0.380. The Hall–Kier alpha value is -2.75. The summed E-state index contributed by atoms with van der Waals surface area (Å²) in [5.74, 6) is -0.0524. The minimum atomic E-state index is -0.191. The second-order valence-electron chi connectivity index (χ2n) is 7.75. The minimum Gasteiger partial charge on any atom is -0.356 e. The first-order chi connectivity index (χ1) is 14.5. The number of amides is 1. The van der Waals surface area contributed by atoms with E-state index in [-0.39, 0.29) is 11.9 Å². The Balaban J connectivity index is 1.65. The highest BCUT2D eigenvalue weighted by molar-refractivity contribution is 6.42. The number of hydrogen-bond donors (Lipinski definition) is 1. The highest BCUT2D eigenvalue weighted by atomic mass is 35.5. The van der Waals surface area contributed by atoms with E-state index < -0.39 is 0 Å². The van der Waals surface area contributed by atoms with Crippen molar-refractivity contribution in [3.63, 3.8) is 0 Å². The molecule has 30 heavy (non-hydrogen) atoms. The van der Waals surface area contributed by atoms with Gasteiger partial charge in [0.2, 0.25) is 0 Å². The summed E-state index contributed by atoms with van der Waals surface area (Å²) >= 11 is 12.3. The molecule has 0 saturated heterocycles. The van der Waals surface area contributed by atoms with Crippen LogP contribution in [0, 0.1) is 6.92 Å². The van der Waals surface area contributed by atoms with Crippen LogP contribution in [0.2, 0.25) is 10.0 Å². The van der Waals surface area contributed by atoms with Crippen molar-refractivity contribution in [1.82, 2.24) is 9.88 Å². The maximum Gasteiger partial charge on any atom is 0.254 e. The summed E-state index contributed by atoms with van der Waals surface area (Å²) in [6.07, 6.45) is 0.800. The summed E-state index contributed by atoms with van der Waals surface area (Å²) in [5, 5.41) is 2.06. The van der Waals surface area contributed by atoms with Crippen LogP contribution < -0.4 is 0 Å². The third-order valence-electron chi connectivity index (χ3n) is 5.85. The molecule has 5 heteroatoms. The van der Waals surface area contributed by atoms with Gasteiger partial charge in [-0.15, -0.1) is 0 Å². The molecule has 150 valence electrons. The molecule has 4 aromatic rings. The highest BCUT2D eigenvalue weighted by Gasteiger charge is 2.35. The van der Waals surface area contributed by atoms with Gasteiger partial charge in [0.15, 0.2) is 0 Å². The van der Waals surface area contributed by atoms with Crippen LogP contribution in [-0.2, 0) is 6.42 Å². The Kier molecular flexibility index (Phi) is 4.80. The van der Waals surface area contributed by atoms with Crippen LogP contribution in [0.25, 0.3) is 10.9 Å². The lowest BCUT2D eigenvalue weighted by Crippen LogP contribution is -2.40. The number of benzene rings is 3. The van der Waals surface area contributed by atoms with Gasteiger partial charge >= 0.3 is 0 Å². The van der Waals surface area contributed by atoms with Gasteiger partial charge in [0.05, 0.1) is 16.1 Å². The minimum absolute atomic E-state index is 0.0524. The van der Waals surface area contributed by atoms with Crippen LogP contribution in [0.4, 0.5) is 0 Å². The van der Waals surface area contributed by atoms with Gasteiger partial charge in [-0.25, -0.2) is 0 Å². The molecule has 3 nitrogen and oxygen atoms in total. The number of nitrogens with one attached hydrogen (secondary N) is 1. The largest absolute Gasteiger partial charge is 0.356 e. The third kappa shape index (κ3) is 3.19. The molecule has 0 radical (unpaired) electrons. The molecule has 0 aliphatic carbocycles. The van der Waals surface area contributed by atoms with E-state index in [0.717, 1.165) is 23.2 Å². The predicted molar refractivity (Wildman–Crippen MR) is 123 cm³/mol. The topological polar surface area (TPSA) is 36.1 Å². The molecular weight excluding hydrogens is 415 g/mol. The van der Waals surface area contributed by atoms with Crippen LogP contribution in [-0.4, -0.2) is 22.3 Å². The van der Waals surface area contributed by atoms with Gasteiger partial charge < -0.3 is 9.88 Å². The molecule has 0 bridgehead atoms. The summed E-state index contributed by atoms with van der Waals surface area (Å²) in [7, 11) is 0. The number of fused-ring (bicyclic) bond motifs is 3. The number of nitrogens with zero attached hydrogens (tertiary/aromatic N) is 1. The average Bonchev–Trinajstić information content (AvgIpc) is 3.14. The summed E-state index contributed by atoms with van der Waals surface area (Å²) < 4.78 is 0. The zero-order chi connectivity index (χ0) is 20.8. The van der Waals surface area contributed by atoms with Gasteiger partial charge in [-0.1, -0.05) is 71.2 Å². The number of para-hydroxylation sites is 1. The standard InChI is InChI=1S/C25H20Cl2N2O/c1-15-6-8-16(9-7-15)24-23-19(18-4-2-3-5-22(18)28-23)12-13-29(24)25(30)17-10-11-20(26)21(27)14-17/h2-11,14,24,28H,12-13H2,1H3. The Bertz CT molecular complexity index is 1260. The first kappa shape index (κ1) is 19.2. The van der Waals surface area contributed by atoms with Crippen LogP contribution in [0.15, 0.2) is 66.7 Å². The number of carbonyl (C=O) groups is 1. The highest BCUT2D eigenvalue weighted by Crippen LogP contribution is 2.39. The Morgan fingerprint density at radius 2 is 1.77 bits per heavy atom. The molecule has 1 aliphatic heterocycles. The number of aromatic amines is 1. The van der Waals surface area contributed by atoms with Crippen molar-refractivity contribution in [2.24, 2.45) is 0 Å². The molecule has 2 heterocycles. The average molecular weight is 435 g/mol. The number of carbonyl (C=O) groups excluding carboxylic acids is 1. The van der Waals surface area contributed by atoms with E-state index >= 15 is 0 Å². The van der Waals surface area contributed by atoms with E-state index in [1.165, 1.54) is 16.5 Å². The van der Waals surface area contributed by atoms with E-state index in [9.17, 15) is 4.79 Å². The van der Waals surface area contributed by atoms with Crippen molar-refractivity contribution < 1.29 is 4.79 Å². The lowest BCUT2D eigenvalue weighted by atomic mass is 9.91. The van der Waals surface area contributed by atoms with Crippen molar-refractivity contribution in [2.75, 3.05) is 6.54 Å². The van der Waals surface area contributed by atoms with Crippen molar-refractivity contribution in [3.05, 3.63) is 105 Å². The molecule has 1 aliphatic rings. The van der Waals surface area contributed by atoms with Crippen molar-refractivity contribution in [3.8, 4) is 0 Å². The van der Waals surface area contributed by atoms with Gasteiger partial charge in [0.1, 0.15) is 0 Å².